The van der Waals surface area contributed by atoms with Crippen LogP contribution in [0.3, 0.4) is 0 Å². The van der Waals surface area contributed by atoms with E-state index in [1.807, 2.05) is 13.8 Å². The Bertz CT molecular complexity index is 175. The molecule has 0 atom stereocenters. The number of hydrogen-bond donors (Lipinski definition) is 2. The molecule has 96 valence electrons. The summed E-state index contributed by atoms with van der Waals surface area (Å²) in [6.45, 7) is 8.53. The maximum absolute atomic E-state index is 5.66. The highest BCUT2D eigenvalue weighted by molar-refractivity contribution is 5.77. The quantitative estimate of drug-likeness (QED) is 0.330. The molecule has 3 N–H and O–H groups in total. The van der Waals surface area contributed by atoms with Gasteiger partial charge in [-0.15, -0.1) is 0 Å². The fourth-order valence-electron chi connectivity index (χ4n) is 1.10. The summed E-state index contributed by atoms with van der Waals surface area (Å²) in [4.78, 5) is 4.18. The zero-order valence-corrected chi connectivity index (χ0v) is 10.5. The van der Waals surface area contributed by atoms with Crippen molar-refractivity contribution in [3.8, 4) is 0 Å². The number of nitrogens with two attached hydrogens (primary N) is 1. The van der Waals surface area contributed by atoms with Crippen molar-refractivity contribution in [2.24, 2.45) is 10.7 Å². The Balaban J connectivity index is 3.27. The lowest BCUT2D eigenvalue weighted by molar-refractivity contribution is 0.145. The zero-order valence-electron chi connectivity index (χ0n) is 10.5. The van der Waals surface area contributed by atoms with E-state index in [4.69, 9.17) is 15.2 Å². The third-order valence-electron chi connectivity index (χ3n) is 1.91. The number of rotatable bonds is 10. The number of hydrogen-bond acceptors (Lipinski definition) is 3. The maximum atomic E-state index is 5.66. The van der Waals surface area contributed by atoms with Gasteiger partial charge in [0.25, 0.3) is 0 Å². The molecule has 0 aliphatic rings. The van der Waals surface area contributed by atoms with E-state index in [2.05, 4.69) is 10.3 Å². The molecule has 0 fully saturated rings. The van der Waals surface area contributed by atoms with Gasteiger partial charge in [0.1, 0.15) is 0 Å². The van der Waals surface area contributed by atoms with Crippen LogP contribution in [0.25, 0.3) is 0 Å². The summed E-state index contributed by atoms with van der Waals surface area (Å²) in [5, 5.41) is 3.04. The van der Waals surface area contributed by atoms with Crippen LogP contribution in [0, 0.1) is 0 Å². The summed E-state index contributed by atoms with van der Waals surface area (Å²) >= 11 is 0. The molecule has 0 heterocycles. The van der Waals surface area contributed by atoms with Crippen molar-refractivity contribution >= 4 is 5.96 Å². The summed E-state index contributed by atoms with van der Waals surface area (Å²) in [5.41, 5.74) is 5.66. The van der Waals surface area contributed by atoms with Crippen LogP contribution in [0.1, 0.15) is 26.7 Å². The summed E-state index contributed by atoms with van der Waals surface area (Å²) in [6.07, 6.45) is 1.86. The lowest BCUT2D eigenvalue weighted by atomic mass is 10.4. The van der Waals surface area contributed by atoms with Crippen LogP contribution < -0.4 is 11.1 Å². The highest BCUT2D eigenvalue weighted by atomic mass is 16.5. The molecule has 0 unspecified atom stereocenters. The van der Waals surface area contributed by atoms with Crippen LogP contribution in [0.2, 0.25) is 0 Å². The van der Waals surface area contributed by atoms with Gasteiger partial charge >= 0.3 is 0 Å². The van der Waals surface area contributed by atoms with E-state index in [1.165, 1.54) is 0 Å². The van der Waals surface area contributed by atoms with E-state index < -0.39 is 0 Å². The van der Waals surface area contributed by atoms with Crippen LogP contribution in [0.15, 0.2) is 4.99 Å². The molecule has 5 nitrogen and oxygen atoms in total. The number of guanidine groups is 1. The smallest absolute Gasteiger partial charge is 0.188 e. The summed E-state index contributed by atoms with van der Waals surface area (Å²) in [5.74, 6) is 0.507. The topological polar surface area (TPSA) is 68.9 Å². The summed E-state index contributed by atoms with van der Waals surface area (Å²) in [6, 6.07) is 0. The Labute approximate surface area is 98.4 Å². The Kier molecular flexibility index (Phi) is 11.6. The van der Waals surface area contributed by atoms with Crippen LogP contribution in [0.5, 0.6) is 0 Å². The van der Waals surface area contributed by atoms with E-state index >= 15 is 0 Å². The van der Waals surface area contributed by atoms with Crippen molar-refractivity contribution in [2.75, 3.05) is 39.5 Å². The lowest BCUT2D eigenvalue weighted by Crippen LogP contribution is -2.33. The van der Waals surface area contributed by atoms with Gasteiger partial charge < -0.3 is 20.5 Å². The fourth-order valence-corrected chi connectivity index (χ4v) is 1.10. The van der Waals surface area contributed by atoms with Gasteiger partial charge in [-0.25, -0.2) is 0 Å². The van der Waals surface area contributed by atoms with E-state index in [0.717, 1.165) is 45.8 Å². The minimum Gasteiger partial charge on any atom is -0.382 e. The monoisotopic (exact) mass is 231 g/mol. The first-order chi connectivity index (χ1) is 7.81. The first-order valence-electron chi connectivity index (χ1n) is 6.00. The molecule has 0 saturated heterocycles. The van der Waals surface area contributed by atoms with Crippen molar-refractivity contribution in [2.45, 2.75) is 26.7 Å². The Morgan fingerprint density at radius 1 is 1.12 bits per heavy atom. The third kappa shape index (κ3) is 11.3. The van der Waals surface area contributed by atoms with Crippen molar-refractivity contribution in [3.63, 3.8) is 0 Å². The predicted octanol–water partition coefficient (Wildman–Crippen LogP) is 0.744. The molecule has 0 aromatic rings. The molecular formula is C11H25N3O2. The van der Waals surface area contributed by atoms with Crippen molar-refractivity contribution in [3.05, 3.63) is 0 Å². The highest BCUT2D eigenvalue weighted by Crippen LogP contribution is 1.84. The van der Waals surface area contributed by atoms with Crippen LogP contribution in [0.4, 0.5) is 0 Å². The second-order valence-electron chi connectivity index (χ2n) is 3.29. The minimum atomic E-state index is 0.507. The van der Waals surface area contributed by atoms with Gasteiger partial charge in [-0.2, -0.15) is 0 Å². The van der Waals surface area contributed by atoms with Gasteiger partial charge in [0.05, 0.1) is 0 Å². The lowest BCUT2D eigenvalue weighted by Gasteiger charge is -2.05. The molecule has 0 bridgehead atoms. The Morgan fingerprint density at radius 3 is 2.38 bits per heavy atom. The van der Waals surface area contributed by atoms with Crippen LogP contribution >= 0.6 is 0 Å². The molecule has 0 spiro atoms. The van der Waals surface area contributed by atoms with Gasteiger partial charge in [0.15, 0.2) is 5.96 Å². The van der Waals surface area contributed by atoms with Crippen molar-refractivity contribution in [1.82, 2.24) is 5.32 Å². The number of nitrogens with zero attached hydrogens (tertiary/aromatic N) is 1. The summed E-state index contributed by atoms with van der Waals surface area (Å²) in [7, 11) is 0. The van der Waals surface area contributed by atoms with Gasteiger partial charge in [-0.05, 0) is 26.7 Å². The second-order valence-corrected chi connectivity index (χ2v) is 3.29. The SMILES string of the molecule is CCOCCCN=C(N)NCCCOCC. The number of nitrogens with one attached hydrogen (secondary N) is 1. The first kappa shape index (κ1) is 15.2. The summed E-state index contributed by atoms with van der Waals surface area (Å²) < 4.78 is 10.4. The van der Waals surface area contributed by atoms with Gasteiger partial charge in [-0.3, -0.25) is 4.99 Å². The molecule has 0 aliphatic carbocycles. The van der Waals surface area contributed by atoms with Gasteiger partial charge in [0, 0.05) is 39.5 Å². The zero-order chi connectivity index (χ0) is 12.1. The molecule has 0 aromatic carbocycles. The highest BCUT2D eigenvalue weighted by Gasteiger charge is 1.91. The molecular weight excluding hydrogens is 206 g/mol. The Hall–Kier alpha value is -0.810. The molecule has 0 radical (unpaired) electrons. The molecule has 0 rings (SSSR count). The molecule has 0 aromatic heterocycles. The van der Waals surface area contributed by atoms with Crippen LogP contribution in [-0.2, 0) is 9.47 Å². The van der Waals surface area contributed by atoms with Crippen LogP contribution in [-0.4, -0.2) is 45.5 Å². The average molecular weight is 231 g/mol. The first-order valence-corrected chi connectivity index (χ1v) is 6.00. The van der Waals surface area contributed by atoms with Gasteiger partial charge in [-0.1, -0.05) is 0 Å². The minimum absolute atomic E-state index is 0.507. The third-order valence-corrected chi connectivity index (χ3v) is 1.91. The number of ether oxygens (including phenoxy) is 2. The predicted molar refractivity (Wildman–Crippen MR) is 66.7 cm³/mol. The van der Waals surface area contributed by atoms with E-state index in [1.54, 1.807) is 0 Å². The molecule has 0 amide bonds. The average Bonchev–Trinajstić information content (AvgIpc) is 2.28. The largest absolute Gasteiger partial charge is 0.382 e. The second kappa shape index (κ2) is 12.3. The van der Waals surface area contributed by atoms with Crippen molar-refractivity contribution < 1.29 is 9.47 Å². The number of aliphatic imine (C=N–C) groups is 1. The molecule has 0 aliphatic heterocycles. The molecule has 5 heteroatoms. The standard InChI is InChI=1S/C11H25N3O2/c1-3-15-9-5-7-13-11(12)14-8-6-10-16-4-2/h3-10H2,1-2H3,(H3,12,13,14). The van der Waals surface area contributed by atoms with E-state index in [0.29, 0.717) is 12.5 Å². The van der Waals surface area contributed by atoms with E-state index in [9.17, 15) is 0 Å². The fraction of sp³-hybridized carbons (Fsp3) is 0.909. The normalized spacial score (nSPS) is 11.8. The Morgan fingerprint density at radius 2 is 1.75 bits per heavy atom. The van der Waals surface area contributed by atoms with E-state index in [-0.39, 0.29) is 0 Å². The van der Waals surface area contributed by atoms with Gasteiger partial charge in [0.2, 0.25) is 0 Å². The van der Waals surface area contributed by atoms with Crippen molar-refractivity contribution in [1.29, 1.82) is 0 Å². The molecule has 0 saturated carbocycles. The maximum Gasteiger partial charge on any atom is 0.188 e. The molecule has 16 heavy (non-hydrogen) atoms.